The summed E-state index contributed by atoms with van der Waals surface area (Å²) >= 11 is 1.59. The van der Waals surface area contributed by atoms with Gasteiger partial charge in [0.05, 0.1) is 28.2 Å². The molecule has 0 unspecified atom stereocenters. The van der Waals surface area contributed by atoms with Gasteiger partial charge in [0.15, 0.2) is 5.78 Å². The Morgan fingerprint density at radius 2 is 1.79 bits per heavy atom. The van der Waals surface area contributed by atoms with Gasteiger partial charge in [0.25, 0.3) is 0 Å². The minimum Gasteiger partial charge on any atom is -0.351 e. The number of hydrogen-bond donors (Lipinski definition) is 0. The molecule has 4 nitrogen and oxygen atoms in total. The van der Waals surface area contributed by atoms with E-state index >= 15 is 0 Å². The van der Waals surface area contributed by atoms with E-state index in [0.717, 1.165) is 39.4 Å². The van der Waals surface area contributed by atoms with E-state index < -0.39 is 0 Å². The van der Waals surface area contributed by atoms with Crippen molar-refractivity contribution in [2.45, 2.75) is 26.5 Å². The van der Waals surface area contributed by atoms with Crippen LogP contribution in [0, 0.1) is 20.8 Å². The highest BCUT2D eigenvalue weighted by Gasteiger charge is 2.14. The molecule has 24 heavy (non-hydrogen) atoms. The van der Waals surface area contributed by atoms with E-state index in [1.165, 1.54) is 0 Å². The Hall–Kier alpha value is -2.14. The van der Waals surface area contributed by atoms with Crippen molar-refractivity contribution in [2.24, 2.45) is 7.05 Å². The summed E-state index contributed by atoms with van der Waals surface area (Å²) in [6.45, 7) is 5.98. The molecule has 0 amide bonds. The third-order valence-electron chi connectivity index (χ3n) is 4.39. The Morgan fingerprint density at radius 3 is 2.42 bits per heavy atom. The molecule has 0 atom stereocenters. The van der Waals surface area contributed by atoms with E-state index in [4.69, 9.17) is 0 Å². The summed E-state index contributed by atoms with van der Waals surface area (Å²) in [4.78, 5) is 21.7. The quantitative estimate of drug-likeness (QED) is 0.659. The topological polar surface area (TPSA) is 47.8 Å². The zero-order valence-electron chi connectivity index (χ0n) is 14.5. The molecule has 0 saturated heterocycles. The van der Waals surface area contributed by atoms with Crippen molar-refractivity contribution in [1.82, 2.24) is 14.5 Å². The lowest BCUT2D eigenvalue weighted by Crippen LogP contribution is -2.05. The maximum Gasteiger partial charge on any atom is 0.174 e. The molecule has 3 rings (SSSR count). The maximum absolute atomic E-state index is 12.4. The van der Waals surface area contributed by atoms with Crippen molar-refractivity contribution in [2.75, 3.05) is 5.75 Å². The van der Waals surface area contributed by atoms with Crippen LogP contribution in [0.2, 0.25) is 0 Å². The Kier molecular flexibility index (Phi) is 4.71. The predicted octanol–water partition coefficient (Wildman–Crippen LogP) is 4.01. The van der Waals surface area contributed by atoms with E-state index in [1.54, 1.807) is 11.8 Å². The fourth-order valence-corrected chi connectivity index (χ4v) is 3.63. The summed E-state index contributed by atoms with van der Waals surface area (Å²) in [6, 6.07) is 9.84. The van der Waals surface area contributed by atoms with Crippen molar-refractivity contribution in [1.29, 1.82) is 0 Å². The molecule has 0 radical (unpaired) electrons. The van der Waals surface area contributed by atoms with Crippen LogP contribution in [0.1, 0.15) is 33.1 Å². The molecular weight excluding hydrogens is 318 g/mol. The van der Waals surface area contributed by atoms with Gasteiger partial charge in [-0.1, -0.05) is 12.1 Å². The van der Waals surface area contributed by atoms with E-state index in [1.807, 2.05) is 58.2 Å². The molecule has 124 valence electrons. The van der Waals surface area contributed by atoms with E-state index in [9.17, 15) is 4.79 Å². The number of benzene rings is 1. The van der Waals surface area contributed by atoms with Crippen LogP contribution in [0.25, 0.3) is 11.0 Å². The minimum atomic E-state index is 0.174. The lowest BCUT2D eigenvalue weighted by atomic mass is 10.2. The summed E-state index contributed by atoms with van der Waals surface area (Å²) in [5.74, 6) is 1.33. The third-order valence-corrected chi connectivity index (χ3v) is 5.33. The van der Waals surface area contributed by atoms with Gasteiger partial charge in [0.1, 0.15) is 0 Å². The lowest BCUT2D eigenvalue weighted by molar-refractivity contribution is 0.102. The van der Waals surface area contributed by atoms with Crippen LogP contribution in [0.4, 0.5) is 0 Å². The van der Waals surface area contributed by atoms with Gasteiger partial charge in [0, 0.05) is 29.8 Å². The smallest absolute Gasteiger partial charge is 0.174 e. The number of Topliss-reactive ketones (excluding diaryl/α,β-unsaturated/α-hetero) is 1. The first-order valence-corrected chi connectivity index (χ1v) is 9.09. The van der Waals surface area contributed by atoms with Crippen LogP contribution in [-0.4, -0.2) is 26.1 Å². The standard InChI is InChI=1S/C19H21N3OS/c1-12-9-15(14(3)22(12)4)19(23)11-24-10-18-13(2)20-16-7-5-6-8-17(16)21-18/h5-9H,10-11H2,1-4H3. The number of nitrogens with zero attached hydrogens (tertiary/aromatic N) is 3. The Labute approximate surface area is 146 Å². The molecule has 2 heterocycles. The fraction of sp³-hybridized carbons (Fsp3) is 0.316. The second-order valence-corrected chi connectivity index (χ2v) is 6.99. The number of hydrogen-bond acceptors (Lipinski definition) is 4. The SMILES string of the molecule is Cc1nc2ccccc2nc1CSCC(=O)c1cc(C)n(C)c1C. The number of aryl methyl sites for hydroxylation is 2. The third kappa shape index (κ3) is 3.22. The molecule has 0 aliphatic carbocycles. The molecule has 1 aromatic carbocycles. The minimum absolute atomic E-state index is 0.174. The molecule has 3 aromatic rings. The molecule has 0 saturated carbocycles. The molecule has 0 N–H and O–H groups in total. The summed E-state index contributed by atoms with van der Waals surface area (Å²) in [7, 11) is 1.99. The second kappa shape index (κ2) is 6.77. The van der Waals surface area contributed by atoms with Crippen LogP contribution in [0.3, 0.4) is 0 Å². The zero-order chi connectivity index (χ0) is 17.3. The number of aromatic nitrogens is 3. The van der Waals surface area contributed by atoms with Crippen LogP contribution in [0.5, 0.6) is 0 Å². The number of thioether (sulfide) groups is 1. The fourth-order valence-electron chi connectivity index (χ4n) is 2.72. The van der Waals surface area contributed by atoms with Gasteiger partial charge in [-0.3, -0.25) is 4.79 Å². The number of carbonyl (C=O) groups is 1. The molecule has 0 spiro atoms. The summed E-state index contributed by atoms with van der Waals surface area (Å²) in [6.07, 6.45) is 0. The van der Waals surface area contributed by atoms with Crippen LogP contribution < -0.4 is 0 Å². The highest BCUT2D eigenvalue weighted by molar-refractivity contribution is 7.99. The van der Waals surface area contributed by atoms with Gasteiger partial charge in [0.2, 0.25) is 0 Å². The predicted molar refractivity (Wildman–Crippen MR) is 99.7 cm³/mol. The first-order valence-electron chi connectivity index (χ1n) is 7.93. The van der Waals surface area contributed by atoms with Gasteiger partial charge in [-0.2, -0.15) is 0 Å². The first kappa shape index (κ1) is 16.7. The molecule has 2 aromatic heterocycles. The van der Waals surface area contributed by atoms with Gasteiger partial charge in [-0.15, -0.1) is 11.8 Å². The summed E-state index contributed by atoms with van der Waals surface area (Å²) in [5, 5.41) is 0. The van der Waals surface area contributed by atoms with E-state index in [-0.39, 0.29) is 5.78 Å². The number of ketones is 1. The number of para-hydroxylation sites is 2. The Bertz CT molecular complexity index is 914. The lowest BCUT2D eigenvalue weighted by Gasteiger charge is -2.06. The summed E-state index contributed by atoms with van der Waals surface area (Å²) < 4.78 is 2.05. The van der Waals surface area contributed by atoms with Gasteiger partial charge >= 0.3 is 0 Å². The number of rotatable bonds is 5. The zero-order valence-corrected chi connectivity index (χ0v) is 15.3. The number of fused-ring (bicyclic) bond motifs is 1. The van der Waals surface area contributed by atoms with Gasteiger partial charge in [-0.05, 0) is 39.0 Å². The molecule has 0 aliphatic heterocycles. The molecular formula is C19H21N3OS. The largest absolute Gasteiger partial charge is 0.351 e. The molecule has 0 aliphatic rings. The van der Waals surface area contributed by atoms with Crippen molar-refractivity contribution < 1.29 is 4.79 Å². The summed E-state index contributed by atoms with van der Waals surface area (Å²) in [5.41, 5.74) is 6.66. The van der Waals surface area contributed by atoms with E-state index in [2.05, 4.69) is 14.5 Å². The molecule has 5 heteroatoms. The normalized spacial score (nSPS) is 11.2. The number of carbonyl (C=O) groups excluding carboxylic acids is 1. The Balaban J connectivity index is 1.69. The first-order chi connectivity index (χ1) is 11.5. The van der Waals surface area contributed by atoms with E-state index in [0.29, 0.717) is 11.5 Å². The van der Waals surface area contributed by atoms with Crippen molar-refractivity contribution >= 4 is 28.6 Å². The van der Waals surface area contributed by atoms with Crippen molar-refractivity contribution in [3.63, 3.8) is 0 Å². The van der Waals surface area contributed by atoms with Gasteiger partial charge in [-0.25, -0.2) is 9.97 Å². The van der Waals surface area contributed by atoms with Gasteiger partial charge < -0.3 is 4.57 Å². The monoisotopic (exact) mass is 339 g/mol. The van der Waals surface area contributed by atoms with Crippen molar-refractivity contribution in [3.8, 4) is 0 Å². The molecule has 0 fully saturated rings. The van der Waals surface area contributed by atoms with Crippen LogP contribution in [-0.2, 0) is 12.8 Å². The molecule has 0 bridgehead atoms. The van der Waals surface area contributed by atoms with Crippen molar-refractivity contribution in [3.05, 3.63) is 58.7 Å². The van der Waals surface area contributed by atoms with Crippen LogP contribution >= 0.6 is 11.8 Å². The highest BCUT2D eigenvalue weighted by Crippen LogP contribution is 2.20. The highest BCUT2D eigenvalue weighted by atomic mass is 32.2. The Morgan fingerprint density at radius 1 is 1.12 bits per heavy atom. The average molecular weight is 339 g/mol. The average Bonchev–Trinajstić information content (AvgIpc) is 2.83. The second-order valence-electron chi connectivity index (χ2n) is 6.00. The maximum atomic E-state index is 12.4. The van der Waals surface area contributed by atoms with Crippen LogP contribution in [0.15, 0.2) is 30.3 Å².